The van der Waals surface area contributed by atoms with E-state index in [4.69, 9.17) is 10.5 Å². The molecule has 132 valence electrons. The molecule has 2 aromatic rings. The summed E-state index contributed by atoms with van der Waals surface area (Å²) in [6.07, 6.45) is 0. The van der Waals surface area contributed by atoms with E-state index in [1.54, 1.807) is 42.5 Å². The van der Waals surface area contributed by atoms with Crippen LogP contribution in [0.1, 0.15) is 27.6 Å². The number of Topliss-reactive ketones (excluding diaryl/α,β-unsaturated/α-hetero) is 2. The summed E-state index contributed by atoms with van der Waals surface area (Å²) in [7, 11) is 0. The van der Waals surface area contributed by atoms with Crippen LogP contribution in [0.15, 0.2) is 47.5 Å². The summed E-state index contributed by atoms with van der Waals surface area (Å²) in [6, 6.07) is 13.4. The van der Waals surface area contributed by atoms with Gasteiger partial charge in [-0.25, -0.2) is 0 Å². The van der Waals surface area contributed by atoms with Crippen LogP contribution < -0.4 is 15.8 Å². The molecule has 0 saturated carbocycles. The van der Waals surface area contributed by atoms with Crippen LogP contribution in [0.2, 0.25) is 0 Å². The van der Waals surface area contributed by atoms with Crippen molar-refractivity contribution in [1.29, 1.82) is 10.5 Å². The van der Waals surface area contributed by atoms with Crippen LogP contribution >= 0.6 is 0 Å². The summed E-state index contributed by atoms with van der Waals surface area (Å²) in [5.74, 6) is -0.733. The Labute approximate surface area is 155 Å². The van der Waals surface area contributed by atoms with Crippen molar-refractivity contribution in [2.75, 3.05) is 17.7 Å². The van der Waals surface area contributed by atoms with Crippen molar-refractivity contribution in [3.8, 4) is 17.9 Å². The molecule has 1 aliphatic rings. The molecule has 0 aromatic heterocycles. The molecule has 0 bridgehead atoms. The van der Waals surface area contributed by atoms with Gasteiger partial charge < -0.3 is 15.8 Å². The van der Waals surface area contributed by atoms with Gasteiger partial charge in [0.05, 0.1) is 23.4 Å². The summed E-state index contributed by atoms with van der Waals surface area (Å²) in [5.41, 5.74) is 5.90. The summed E-state index contributed by atoms with van der Waals surface area (Å²) in [4.78, 5) is 25.4. The molecule has 0 spiro atoms. The number of carbonyl (C=O) groups is 2. The molecule has 7 nitrogen and oxygen atoms in total. The Morgan fingerprint density at radius 1 is 0.963 bits per heavy atom. The van der Waals surface area contributed by atoms with Gasteiger partial charge in [0.2, 0.25) is 11.6 Å². The van der Waals surface area contributed by atoms with Gasteiger partial charge in [0.1, 0.15) is 29.0 Å². The molecule has 0 unspecified atom stereocenters. The molecular weight excluding hydrogens is 344 g/mol. The highest BCUT2D eigenvalue weighted by Gasteiger charge is 2.36. The minimum absolute atomic E-state index is 0.00978. The van der Waals surface area contributed by atoms with Crippen molar-refractivity contribution < 1.29 is 14.3 Å². The monoisotopic (exact) mass is 358 g/mol. The van der Waals surface area contributed by atoms with Gasteiger partial charge in [-0.2, -0.15) is 10.5 Å². The maximum Gasteiger partial charge on any atom is 0.207 e. The van der Waals surface area contributed by atoms with Crippen molar-refractivity contribution in [3.63, 3.8) is 0 Å². The third kappa shape index (κ3) is 2.99. The van der Waals surface area contributed by atoms with Gasteiger partial charge in [-0.05, 0) is 43.3 Å². The first kappa shape index (κ1) is 17.7. The highest BCUT2D eigenvalue weighted by molar-refractivity contribution is 6.33. The van der Waals surface area contributed by atoms with Gasteiger partial charge in [-0.1, -0.05) is 0 Å². The van der Waals surface area contributed by atoms with E-state index in [0.29, 0.717) is 23.7 Å². The van der Waals surface area contributed by atoms with Gasteiger partial charge in [-0.15, -0.1) is 0 Å². The molecule has 3 rings (SSSR count). The van der Waals surface area contributed by atoms with Crippen LogP contribution in [0.4, 0.5) is 17.1 Å². The maximum atomic E-state index is 12.8. The van der Waals surface area contributed by atoms with E-state index < -0.39 is 22.7 Å². The average molecular weight is 358 g/mol. The lowest BCUT2D eigenvalue weighted by Gasteiger charge is -2.20. The molecule has 0 aliphatic heterocycles. The second kappa shape index (κ2) is 7.03. The Kier molecular flexibility index (Phi) is 4.61. The minimum atomic E-state index is -0.725. The van der Waals surface area contributed by atoms with Gasteiger partial charge >= 0.3 is 0 Å². The van der Waals surface area contributed by atoms with Crippen LogP contribution in [-0.2, 0) is 0 Å². The van der Waals surface area contributed by atoms with Gasteiger partial charge in [0.15, 0.2) is 0 Å². The normalized spacial score (nSPS) is 12.9. The number of nitrogens with two attached hydrogens (primary N) is 1. The molecule has 0 amide bonds. The maximum absolute atomic E-state index is 12.8. The second-order valence-corrected chi connectivity index (χ2v) is 5.67. The lowest BCUT2D eigenvalue weighted by Crippen LogP contribution is -2.23. The van der Waals surface area contributed by atoms with Crippen molar-refractivity contribution in [2.24, 2.45) is 0 Å². The van der Waals surface area contributed by atoms with Crippen molar-refractivity contribution in [2.45, 2.75) is 6.92 Å². The Hall–Kier alpha value is -4.10. The third-order valence-corrected chi connectivity index (χ3v) is 4.06. The molecule has 0 atom stereocenters. The number of carbonyl (C=O) groups excluding carboxylic acids is 2. The SMILES string of the molecule is CCOc1ccc(Nc2ccc(N)c3c2C(=O)C(C#N)=C(C#N)C3=O)cc1. The largest absolute Gasteiger partial charge is 0.494 e. The summed E-state index contributed by atoms with van der Waals surface area (Å²) >= 11 is 0. The fourth-order valence-corrected chi connectivity index (χ4v) is 2.85. The molecule has 27 heavy (non-hydrogen) atoms. The van der Waals surface area contributed by atoms with Crippen LogP contribution in [0.3, 0.4) is 0 Å². The number of hydrogen-bond donors (Lipinski definition) is 2. The van der Waals surface area contributed by atoms with Crippen LogP contribution in [0.25, 0.3) is 0 Å². The molecule has 2 aromatic carbocycles. The Morgan fingerprint density at radius 2 is 1.56 bits per heavy atom. The number of anilines is 3. The number of benzene rings is 2. The first-order valence-electron chi connectivity index (χ1n) is 8.08. The fourth-order valence-electron chi connectivity index (χ4n) is 2.85. The minimum Gasteiger partial charge on any atom is -0.494 e. The van der Waals surface area contributed by atoms with Crippen LogP contribution in [0, 0.1) is 22.7 Å². The quantitative estimate of drug-likeness (QED) is 0.803. The lowest BCUT2D eigenvalue weighted by atomic mass is 9.83. The molecule has 0 saturated heterocycles. The number of hydrogen-bond acceptors (Lipinski definition) is 7. The van der Waals surface area contributed by atoms with Crippen LogP contribution in [-0.4, -0.2) is 18.2 Å². The van der Waals surface area contributed by atoms with Crippen LogP contribution in [0.5, 0.6) is 5.75 Å². The highest BCUT2D eigenvalue weighted by Crippen LogP contribution is 2.36. The standard InChI is InChI=1S/C20H14N4O3/c1-2-27-12-5-3-11(4-6-12)24-16-8-7-15(23)17-18(16)20(26)14(10-22)13(9-21)19(17)25/h3-8,24H,2,23H2,1H3. The zero-order chi connectivity index (χ0) is 19.6. The highest BCUT2D eigenvalue weighted by atomic mass is 16.5. The molecule has 1 aliphatic carbocycles. The first-order valence-corrected chi connectivity index (χ1v) is 8.08. The number of nitriles is 2. The molecule has 0 fully saturated rings. The van der Waals surface area contributed by atoms with Crippen molar-refractivity contribution in [3.05, 3.63) is 58.7 Å². The molecule has 3 N–H and O–H groups in total. The summed E-state index contributed by atoms with van der Waals surface area (Å²) in [5, 5.41) is 21.5. The number of ketones is 2. The van der Waals surface area contributed by atoms with E-state index in [1.807, 2.05) is 6.92 Å². The number of nitrogens with zero attached hydrogens (tertiary/aromatic N) is 2. The second-order valence-electron chi connectivity index (χ2n) is 5.67. The van der Waals surface area contributed by atoms with E-state index >= 15 is 0 Å². The first-order chi connectivity index (χ1) is 13.0. The van der Waals surface area contributed by atoms with E-state index in [-0.39, 0.29) is 16.8 Å². The smallest absolute Gasteiger partial charge is 0.207 e. The zero-order valence-electron chi connectivity index (χ0n) is 14.4. The Morgan fingerprint density at radius 3 is 2.11 bits per heavy atom. The summed E-state index contributed by atoms with van der Waals surface area (Å²) < 4.78 is 5.39. The van der Waals surface area contributed by atoms with Crippen molar-refractivity contribution in [1.82, 2.24) is 0 Å². The number of nitrogen functional groups attached to an aromatic ring is 1. The van der Waals surface area contributed by atoms with E-state index in [1.165, 1.54) is 6.07 Å². The third-order valence-electron chi connectivity index (χ3n) is 4.06. The van der Waals surface area contributed by atoms with Crippen molar-refractivity contribution >= 4 is 28.6 Å². The number of allylic oxidation sites excluding steroid dienone is 2. The fraction of sp³-hybridized carbons (Fsp3) is 0.100. The number of nitrogens with one attached hydrogen (secondary N) is 1. The molecule has 0 heterocycles. The van der Waals surface area contributed by atoms with Gasteiger partial charge in [-0.3, -0.25) is 9.59 Å². The number of fused-ring (bicyclic) bond motifs is 1. The van der Waals surface area contributed by atoms with E-state index in [2.05, 4.69) is 5.32 Å². The predicted octanol–water partition coefficient (Wildman–Crippen LogP) is 3.13. The van der Waals surface area contributed by atoms with E-state index in [9.17, 15) is 20.1 Å². The molecule has 7 heteroatoms. The average Bonchev–Trinajstić information content (AvgIpc) is 2.67. The van der Waals surface area contributed by atoms with Gasteiger partial charge in [0, 0.05) is 11.4 Å². The number of rotatable bonds is 4. The molecular formula is C20H14N4O3. The lowest BCUT2D eigenvalue weighted by molar-refractivity contribution is 0.0983. The zero-order valence-corrected chi connectivity index (χ0v) is 14.4. The summed E-state index contributed by atoms with van der Waals surface area (Å²) in [6.45, 7) is 2.42. The Bertz CT molecular complexity index is 1070. The number of ether oxygens (including phenoxy) is 1. The molecule has 0 radical (unpaired) electrons. The Balaban J connectivity index is 2.09. The topological polar surface area (TPSA) is 129 Å². The predicted molar refractivity (Wildman–Crippen MR) is 98.7 cm³/mol. The van der Waals surface area contributed by atoms with E-state index in [0.717, 1.165) is 0 Å². The van der Waals surface area contributed by atoms with Gasteiger partial charge in [0.25, 0.3) is 0 Å².